The van der Waals surface area contributed by atoms with E-state index in [0.29, 0.717) is 42.6 Å². The highest BCUT2D eigenvalue weighted by atomic mass is 19.3. The lowest BCUT2D eigenvalue weighted by molar-refractivity contribution is 0.0512. The van der Waals surface area contributed by atoms with Crippen LogP contribution in [-0.4, -0.2) is 107 Å². The fourth-order valence-corrected chi connectivity index (χ4v) is 11.3. The van der Waals surface area contributed by atoms with E-state index in [1.165, 1.54) is 30.2 Å². The summed E-state index contributed by atoms with van der Waals surface area (Å²) in [4.78, 5) is 32.8. The predicted molar refractivity (Wildman–Crippen MR) is 238 cm³/mol. The number of hydrogen-bond donors (Lipinski definition) is 1. The minimum absolute atomic E-state index is 0.0177. The van der Waals surface area contributed by atoms with Crippen molar-refractivity contribution in [3.63, 3.8) is 0 Å². The van der Waals surface area contributed by atoms with Gasteiger partial charge in [-0.1, -0.05) is 66.7 Å². The van der Waals surface area contributed by atoms with Gasteiger partial charge in [0.05, 0.1) is 34.4 Å². The number of hydrogen-bond acceptors (Lipinski definition) is 9. The molecular formula is C50H45F5N6O5. The lowest BCUT2D eigenvalue weighted by atomic mass is 9.89. The maximum atomic E-state index is 18.5. The van der Waals surface area contributed by atoms with Gasteiger partial charge in [0.25, 0.3) is 5.92 Å². The van der Waals surface area contributed by atoms with E-state index in [0.717, 1.165) is 12.5 Å². The minimum Gasteiger partial charge on any atom is -0.468 e. The Morgan fingerprint density at radius 3 is 2.23 bits per heavy atom. The Morgan fingerprint density at radius 1 is 0.879 bits per heavy atom. The van der Waals surface area contributed by atoms with Gasteiger partial charge in [-0.25, -0.2) is 31.7 Å². The number of fused-ring (bicyclic) bond motifs is 5. The summed E-state index contributed by atoms with van der Waals surface area (Å²) < 4.78 is 97.3. The Bertz CT molecular complexity index is 2890. The minimum atomic E-state index is -2.76. The number of carboxylic acid groups (broad SMARTS) is 1. The first-order valence-corrected chi connectivity index (χ1v) is 22.2. The van der Waals surface area contributed by atoms with Crippen molar-refractivity contribution in [2.24, 2.45) is 10.4 Å². The van der Waals surface area contributed by atoms with Gasteiger partial charge in [0.2, 0.25) is 0 Å². The number of anilines is 1. The first kappa shape index (κ1) is 42.3. The number of alkyl halides is 2. The number of methoxy groups -OCH3 is 1. The third-order valence-corrected chi connectivity index (χ3v) is 14.4. The van der Waals surface area contributed by atoms with Gasteiger partial charge in [-0.05, 0) is 68.3 Å². The molecule has 4 aliphatic heterocycles. The number of rotatable bonds is 11. The fourth-order valence-electron chi connectivity index (χ4n) is 11.3. The van der Waals surface area contributed by atoms with Crippen LogP contribution in [0, 0.1) is 22.9 Å². The van der Waals surface area contributed by atoms with Gasteiger partial charge in [0, 0.05) is 66.2 Å². The van der Waals surface area contributed by atoms with E-state index in [9.17, 15) is 18.7 Å². The predicted octanol–water partition coefficient (Wildman–Crippen LogP) is 9.99. The Kier molecular flexibility index (Phi) is 10.2. The summed E-state index contributed by atoms with van der Waals surface area (Å²) in [6.45, 7) is 1.17. The van der Waals surface area contributed by atoms with Crippen LogP contribution in [0.3, 0.4) is 0 Å². The van der Waals surface area contributed by atoms with E-state index in [-0.39, 0.29) is 114 Å². The highest BCUT2D eigenvalue weighted by molar-refractivity contribution is 6.15. The average molecular weight is 905 g/mol. The number of carbonyl (C=O) groups is 1. The van der Waals surface area contributed by atoms with Crippen LogP contribution in [0.25, 0.3) is 32.8 Å². The molecule has 1 amide bonds. The molecule has 11 rings (SSSR count). The van der Waals surface area contributed by atoms with Crippen molar-refractivity contribution in [2.45, 2.75) is 62.1 Å². The number of ether oxygens (including phenoxy) is 3. The van der Waals surface area contributed by atoms with Crippen LogP contribution in [0.4, 0.5) is 38.3 Å². The molecule has 340 valence electrons. The van der Waals surface area contributed by atoms with Crippen molar-refractivity contribution in [3.05, 3.63) is 120 Å². The lowest BCUT2D eigenvalue weighted by Crippen LogP contribution is -2.55. The largest absolute Gasteiger partial charge is 0.468 e. The molecule has 5 fully saturated rings. The highest BCUT2D eigenvalue weighted by Crippen LogP contribution is 2.69. The molecule has 2 bridgehead atoms. The molecule has 5 heterocycles. The molecule has 1 aromatic heterocycles. The summed E-state index contributed by atoms with van der Waals surface area (Å²) in [6, 6.07) is 24.5. The number of aliphatic imine (C=N–C) groups is 1. The van der Waals surface area contributed by atoms with Gasteiger partial charge < -0.3 is 24.2 Å². The second kappa shape index (κ2) is 15.9. The number of nitrogens with zero attached hydrogens (tertiary/aromatic N) is 6. The summed E-state index contributed by atoms with van der Waals surface area (Å²) in [5, 5.41) is 10.4. The second-order valence-electron chi connectivity index (χ2n) is 18.3. The Labute approximate surface area is 376 Å². The molecule has 4 saturated heterocycles. The molecule has 1 aliphatic carbocycles. The maximum Gasteiger partial charge on any atom is 0.407 e. The van der Waals surface area contributed by atoms with Gasteiger partial charge in [-0.2, -0.15) is 9.97 Å². The zero-order chi connectivity index (χ0) is 45.5. The van der Waals surface area contributed by atoms with Gasteiger partial charge in [0.1, 0.15) is 23.7 Å². The van der Waals surface area contributed by atoms with Crippen LogP contribution in [0.2, 0.25) is 0 Å². The molecular weight excluding hydrogens is 860 g/mol. The number of halogens is 5. The van der Waals surface area contributed by atoms with Gasteiger partial charge >= 0.3 is 12.1 Å². The van der Waals surface area contributed by atoms with E-state index in [1.807, 2.05) is 65.6 Å². The number of piperazine rings is 1. The molecule has 5 aromatic carbocycles. The van der Waals surface area contributed by atoms with Crippen LogP contribution >= 0.6 is 0 Å². The van der Waals surface area contributed by atoms with Crippen LogP contribution < -0.4 is 14.4 Å². The molecule has 5 aliphatic rings. The van der Waals surface area contributed by atoms with Gasteiger partial charge in [0.15, 0.2) is 24.2 Å². The maximum absolute atomic E-state index is 18.5. The molecule has 0 radical (unpaired) electrons. The highest BCUT2D eigenvalue weighted by Gasteiger charge is 2.77. The van der Waals surface area contributed by atoms with E-state index >= 15 is 13.2 Å². The summed E-state index contributed by atoms with van der Waals surface area (Å²) in [5.41, 5.74) is -0.454. The normalized spacial score (nSPS) is 24.0. The first-order chi connectivity index (χ1) is 31.9. The van der Waals surface area contributed by atoms with Crippen molar-refractivity contribution >= 4 is 45.0 Å². The lowest BCUT2D eigenvalue weighted by Gasteiger charge is -2.40. The Morgan fingerprint density at radius 2 is 1.58 bits per heavy atom. The molecule has 1 spiro atoms. The molecule has 0 unspecified atom stereocenters. The van der Waals surface area contributed by atoms with Crippen molar-refractivity contribution in [3.8, 4) is 22.9 Å². The third-order valence-electron chi connectivity index (χ3n) is 14.4. The standard InChI is InChI=1S/C50H45F5N6O5/c1-64-28-66-34-19-31-13-16-37(51)41(52)39(31)35(20-34)40-38(56-43(29-9-4-2-5-10-29)30-11-6-3-7-12-30)21-36-44(42(40)53)57-46(58-45(36)59-22-32-14-15-33(23-59)61(32)47(62)63)65-27-49-17-8-18-60(49)26-48(24-49)25-50(48,54)55/h2-7,9-13,16,19-21,32-33H,8,14-15,17-18,22-28H2,1H3,(H,62,63)/t32-,33+,48-,49-/m0/s1. The van der Waals surface area contributed by atoms with Crippen molar-refractivity contribution in [1.82, 2.24) is 19.8 Å². The quantitative estimate of drug-likeness (QED) is 0.0772. The van der Waals surface area contributed by atoms with Gasteiger partial charge in [-0.15, -0.1) is 0 Å². The van der Waals surface area contributed by atoms with E-state index in [2.05, 4.69) is 4.90 Å². The molecule has 1 saturated carbocycles. The summed E-state index contributed by atoms with van der Waals surface area (Å²) in [5.74, 6) is -5.62. The van der Waals surface area contributed by atoms with E-state index in [1.54, 1.807) is 6.07 Å². The van der Waals surface area contributed by atoms with Crippen molar-refractivity contribution in [2.75, 3.05) is 51.6 Å². The average Bonchev–Trinajstić information content (AvgIpc) is 3.58. The first-order valence-electron chi connectivity index (χ1n) is 22.2. The van der Waals surface area contributed by atoms with Crippen molar-refractivity contribution in [1.29, 1.82) is 0 Å². The molecule has 16 heteroatoms. The SMILES string of the molecule is COCOc1cc(-c2c(N=C(c3ccccc3)c3ccccc3)cc3c(N4C[C@H]5CC[C@@H](C4)N5C(=O)O)nc(OC[C@@]45CCCN4C[C@@]4(CC4(F)F)C5)nc3c2F)c2c(F)c(F)ccc2c1. The monoisotopic (exact) mass is 904 g/mol. The number of aromatic nitrogens is 2. The molecule has 66 heavy (non-hydrogen) atoms. The van der Waals surface area contributed by atoms with Crippen LogP contribution in [0.15, 0.2) is 96.0 Å². The van der Waals surface area contributed by atoms with Crippen molar-refractivity contribution < 1.29 is 46.1 Å². The molecule has 6 aromatic rings. The Hall–Kier alpha value is -6.39. The van der Waals surface area contributed by atoms with E-state index < -0.39 is 40.4 Å². The second-order valence-corrected chi connectivity index (χ2v) is 18.3. The molecule has 4 atom stereocenters. The smallest absolute Gasteiger partial charge is 0.407 e. The topological polar surface area (TPSA) is 113 Å². The molecule has 1 N–H and O–H groups in total. The Balaban J connectivity index is 1.16. The third kappa shape index (κ3) is 6.98. The van der Waals surface area contributed by atoms with Crippen LogP contribution in [-0.2, 0) is 4.74 Å². The number of benzene rings is 5. The fraction of sp³-hybridized carbons (Fsp3) is 0.360. The van der Waals surface area contributed by atoms with Crippen LogP contribution in [0.5, 0.6) is 11.8 Å². The summed E-state index contributed by atoms with van der Waals surface area (Å²) in [7, 11) is 1.43. The van der Waals surface area contributed by atoms with Crippen LogP contribution in [0.1, 0.15) is 49.7 Å². The summed E-state index contributed by atoms with van der Waals surface area (Å²) >= 11 is 0. The van der Waals surface area contributed by atoms with E-state index in [4.69, 9.17) is 29.2 Å². The van der Waals surface area contributed by atoms with Gasteiger partial charge in [-0.3, -0.25) is 9.80 Å². The number of amides is 1. The summed E-state index contributed by atoms with van der Waals surface area (Å²) in [6.07, 6.45) is 1.72. The molecule has 11 nitrogen and oxygen atoms in total. The zero-order valence-electron chi connectivity index (χ0n) is 36.0. The zero-order valence-corrected chi connectivity index (χ0v) is 36.0.